The molecule has 1 N–H and O–H groups in total. The van der Waals surface area contributed by atoms with Crippen LogP contribution in [-0.2, 0) is 4.74 Å². The molecule has 0 aromatic rings. The summed E-state index contributed by atoms with van der Waals surface area (Å²) in [5.41, 5.74) is 0.401. The topological polar surface area (TPSA) is 24.5 Å². The molecule has 0 aromatic carbocycles. The minimum atomic E-state index is 0.401. The van der Waals surface area contributed by atoms with Gasteiger partial charge in [-0.3, -0.25) is 0 Å². The monoisotopic (exact) mass is 266 g/mol. The molecular weight excluding hydrogens is 236 g/mol. The van der Waals surface area contributed by atoms with Crippen LogP contribution in [0.25, 0.3) is 0 Å². The number of hydrogen-bond acceptors (Lipinski definition) is 3. The molecule has 3 heteroatoms. The summed E-state index contributed by atoms with van der Waals surface area (Å²) in [6, 6.07) is 0.822. The van der Waals surface area contributed by atoms with Crippen LogP contribution in [0, 0.1) is 11.3 Å². The van der Waals surface area contributed by atoms with Gasteiger partial charge in [-0.15, -0.1) is 0 Å². The van der Waals surface area contributed by atoms with Gasteiger partial charge in [0.05, 0.1) is 6.61 Å². The van der Waals surface area contributed by atoms with Gasteiger partial charge in [0.1, 0.15) is 0 Å². The molecule has 2 unspecified atom stereocenters. The van der Waals surface area contributed by atoms with E-state index in [9.17, 15) is 0 Å². The van der Waals surface area contributed by atoms with Gasteiger partial charge in [-0.05, 0) is 44.6 Å². The standard InChI is InChI=1S/C16H30N2O/c1-2-14-4-3-8-18(10-14)12-16(7-9-19-13-16)11-17-15-5-6-15/h14-15,17H,2-13H2,1H3. The molecule has 3 rings (SSSR count). The Morgan fingerprint density at radius 1 is 1.32 bits per heavy atom. The molecule has 3 aliphatic rings. The highest BCUT2D eigenvalue weighted by atomic mass is 16.5. The van der Waals surface area contributed by atoms with Crippen molar-refractivity contribution in [3.05, 3.63) is 0 Å². The molecule has 1 saturated carbocycles. The predicted octanol–water partition coefficient (Wildman–Crippen LogP) is 2.27. The molecule has 2 saturated heterocycles. The molecule has 2 heterocycles. The van der Waals surface area contributed by atoms with Crippen molar-refractivity contribution in [1.82, 2.24) is 10.2 Å². The Morgan fingerprint density at radius 2 is 2.21 bits per heavy atom. The molecule has 2 aliphatic heterocycles. The van der Waals surface area contributed by atoms with Crippen LogP contribution in [0.5, 0.6) is 0 Å². The van der Waals surface area contributed by atoms with E-state index in [0.29, 0.717) is 5.41 Å². The van der Waals surface area contributed by atoms with E-state index in [1.807, 2.05) is 0 Å². The van der Waals surface area contributed by atoms with Gasteiger partial charge in [0.2, 0.25) is 0 Å². The minimum Gasteiger partial charge on any atom is -0.381 e. The molecule has 0 spiro atoms. The van der Waals surface area contributed by atoms with Gasteiger partial charge >= 0.3 is 0 Å². The van der Waals surface area contributed by atoms with Crippen molar-refractivity contribution >= 4 is 0 Å². The molecule has 110 valence electrons. The van der Waals surface area contributed by atoms with Crippen molar-refractivity contribution < 1.29 is 4.74 Å². The number of likely N-dealkylation sites (tertiary alicyclic amines) is 1. The smallest absolute Gasteiger partial charge is 0.0547 e. The van der Waals surface area contributed by atoms with Crippen molar-refractivity contribution in [1.29, 1.82) is 0 Å². The maximum Gasteiger partial charge on any atom is 0.0547 e. The fraction of sp³-hybridized carbons (Fsp3) is 1.00. The zero-order valence-electron chi connectivity index (χ0n) is 12.5. The molecule has 1 aliphatic carbocycles. The Morgan fingerprint density at radius 3 is 2.89 bits per heavy atom. The molecule has 2 atom stereocenters. The first-order chi connectivity index (χ1) is 9.30. The molecule has 3 fully saturated rings. The largest absolute Gasteiger partial charge is 0.381 e. The highest BCUT2D eigenvalue weighted by Gasteiger charge is 2.38. The average molecular weight is 266 g/mol. The van der Waals surface area contributed by atoms with Gasteiger partial charge in [-0.2, -0.15) is 0 Å². The maximum absolute atomic E-state index is 5.74. The van der Waals surface area contributed by atoms with Crippen LogP contribution in [-0.4, -0.2) is 50.3 Å². The second-order valence-corrected chi connectivity index (χ2v) is 7.11. The first kappa shape index (κ1) is 13.8. The lowest BCUT2D eigenvalue weighted by Gasteiger charge is -2.39. The van der Waals surface area contributed by atoms with E-state index in [0.717, 1.165) is 25.2 Å². The van der Waals surface area contributed by atoms with E-state index in [2.05, 4.69) is 17.1 Å². The SMILES string of the molecule is CCC1CCCN(CC2(CNC3CC3)CCOC2)C1. The Kier molecular flexibility index (Phi) is 4.45. The van der Waals surface area contributed by atoms with Crippen LogP contribution >= 0.6 is 0 Å². The molecule has 19 heavy (non-hydrogen) atoms. The Hall–Kier alpha value is -0.120. The van der Waals surface area contributed by atoms with Gasteiger partial charge in [0, 0.05) is 37.7 Å². The van der Waals surface area contributed by atoms with Gasteiger partial charge in [-0.25, -0.2) is 0 Å². The van der Waals surface area contributed by atoms with E-state index in [4.69, 9.17) is 4.74 Å². The molecule has 0 bridgehead atoms. The molecule has 0 amide bonds. The van der Waals surface area contributed by atoms with E-state index >= 15 is 0 Å². The Labute approximate surface area is 118 Å². The minimum absolute atomic E-state index is 0.401. The van der Waals surface area contributed by atoms with E-state index < -0.39 is 0 Å². The molecule has 3 nitrogen and oxygen atoms in total. The lowest BCUT2D eigenvalue weighted by Crippen LogP contribution is -2.48. The van der Waals surface area contributed by atoms with E-state index in [1.165, 1.54) is 64.7 Å². The summed E-state index contributed by atoms with van der Waals surface area (Å²) < 4.78 is 5.74. The molecule has 0 aromatic heterocycles. The lowest BCUT2D eigenvalue weighted by molar-refractivity contribution is 0.0815. The summed E-state index contributed by atoms with van der Waals surface area (Å²) in [5, 5.41) is 3.75. The summed E-state index contributed by atoms with van der Waals surface area (Å²) in [7, 11) is 0. The average Bonchev–Trinajstić information content (AvgIpc) is 3.17. The molecular formula is C16H30N2O. The number of nitrogens with zero attached hydrogens (tertiary/aromatic N) is 1. The van der Waals surface area contributed by atoms with Gasteiger partial charge in [0.15, 0.2) is 0 Å². The number of nitrogens with one attached hydrogen (secondary N) is 1. The van der Waals surface area contributed by atoms with Gasteiger partial charge in [-0.1, -0.05) is 13.3 Å². The summed E-state index contributed by atoms with van der Waals surface area (Å²) in [4.78, 5) is 2.72. The van der Waals surface area contributed by atoms with Crippen molar-refractivity contribution in [3.63, 3.8) is 0 Å². The first-order valence-corrected chi connectivity index (χ1v) is 8.33. The summed E-state index contributed by atoms with van der Waals surface area (Å²) in [5.74, 6) is 0.935. The van der Waals surface area contributed by atoms with Gasteiger partial charge in [0.25, 0.3) is 0 Å². The van der Waals surface area contributed by atoms with Crippen LogP contribution in [0.15, 0.2) is 0 Å². The Balaban J connectivity index is 1.53. The number of piperidine rings is 1. The molecule has 0 radical (unpaired) electrons. The van der Waals surface area contributed by atoms with Crippen LogP contribution < -0.4 is 5.32 Å². The van der Waals surface area contributed by atoms with Gasteiger partial charge < -0.3 is 15.0 Å². The number of ether oxygens (including phenoxy) is 1. The summed E-state index contributed by atoms with van der Waals surface area (Å²) >= 11 is 0. The normalized spacial score (nSPS) is 36.8. The summed E-state index contributed by atoms with van der Waals surface area (Å²) in [6.45, 7) is 9.34. The van der Waals surface area contributed by atoms with E-state index in [-0.39, 0.29) is 0 Å². The fourth-order valence-corrected chi connectivity index (χ4v) is 3.72. The highest BCUT2D eigenvalue weighted by Crippen LogP contribution is 2.32. The number of hydrogen-bond donors (Lipinski definition) is 1. The maximum atomic E-state index is 5.74. The summed E-state index contributed by atoms with van der Waals surface area (Å²) in [6.07, 6.45) is 8.21. The van der Waals surface area contributed by atoms with Crippen LogP contribution in [0.2, 0.25) is 0 Å². The fourth-order valence-electron chi connectivity index (χ4n) is 3.72. The second kappa shape index (κ2) is 6.11. The van der Waals surface area contributed by atoms with Crippen LogP contribution in [0.3, 0.4) is 0 Å². The number of rotatable bonds is 6. The third-order valence-electron chi connectivity index (χ3n) is 5.27. The second-order valence-electron chi connectivity index (χ2n) is 7.11. The first-order valence-electron chi connectivity index (χ1n) is 8.33. The van der Waals surface area contributed by atoms with Crippen molar-refractivity contribution in [3.8, 4) is 0 Å². The highest BCUT2D eigenvalue weighted by molar-refractivity contribution is 4.92. The third-order valence-corrected chi connectivity index (χ3v) is 5.27. The lowest BCUT2D eigenvalue weighted by atomic mass is 9.85. The van der Waals surface area contributed by atoms with Crippen molar-refractivity contribution in [2.45, 2.75) is 51.5 Å². The quantitative estimate of drug-likeness (QED) is 0.798. The van der Waals surface area contributed by atoms with Crippen molar-refractivity contribution in [2.24, 2.45) is 11.3 Å². The zero-order valence-corrected chi connectivity index (χ0v) is 12.5. The third kappa shape index (κ3) is 3.71. The predicted molar refractivity (Wildman–Crippen MR) is 78.3 cm³/mol. The van der Waals surface area contributed by atoms with E-state index in [1.54, 1.807) is 0 Å². The van der Waals surface area contributed by atoms with Crippen LogP contribution in [0.1, 0.15) is 45.4 Å². The van der Waals surface area contributed by atoms with Crippen LogP contribution in [0.4, 0.5) is 0 Å². The van der Waals surface area contributed by atoms with Crippen molar-refractivity contribution in [2.75, 3.05) is 39.4 Å². The Bertz CT molecular complexity index is 284. The zero-order chi connectivity index (χ0) is 13.1.